The molecule has 0 bridgehead atoms. The van der Waals surface area contributed by atoms with Crippen LogP contribution in [0.3, 0.4) is 0 Å². The van der Waals surface area contributed by atoms with Gasteiger partial charge in [-0.3, -0.25) is 19.2 Å². The summed E-state index contributed by atoms with van der Waals surface area (Å²) in [5.74, 6) is -1.57. The first-order chi connectivity index (χ1) is 19.3. The number of Topliss-reactive ketones (excluding diaryl/α,β-unsaturated/α-hetero) is 1. The molecule has 0 aliphatic heterocycles. The smallest absolute Gasteiger partial charge is 0.314 e. The number of nitrogens with zero attached hydrogens (tertiary/aromatic N) is 1. The highest BCUT2D eigenvalue weighted by Gasteiger charge is 2.47. The van der Waals surface area contributed by atoms with Crippen LogP contribution in [0.25, 0.3) is 5.69 Å². The van der Waals surface area contributed by atoms with Gasteiger partial charge in [-0.2, -0.15) is 0 Å². The molecule has 1 heterocycles. The van der Waals surface area contributed by atoms with Crippen molar-refractivity contribution >= 4 is 23.6 Å². The van der Waals surface area contributed by atoms with Crippen molar-refractivity contribution < 1.29 is 23.9 Å². The van der Waals surface area contributed by atoms with E-state index in [2.05, 4.69) is 10.6 Å². The molecule has 1 unspecified atom stereocenters. The van der Waals surface area contributed by atoms with E-state index in [4.69, 9.17) is 10.5 Å². The Balaban J connectivity index is 1.40. The topological polar surface area (TPSA) is 133 Å². The lowest BCUT2D eigenvalue weighted by atomic mass is 9.84. The molecule has 2 amide bonds. The predicted octanol–water partition coefficient (Wildman–Crippen LogP) is 3.42. The summed E-state index contributed by atoms with van der Waals surface area (Å²) in [7, 11) is 0. The Morgan fingerprint density at radius 1 is 1.02 bits per heavy atom. The molecular weight excluding hydrogens is 508 g/mol. The van der Waals surface area contributed by atoms with Crippen LogP contribution in [0.5, 0.6) is 0 Å². The van der Waals surface area contributed by atoms with Gasteiger partial charge in [-0.25, -0.2) is 0 Å². The number of hydrogen-bond donors (Lipinski definition) is 3. The maximum absolute atomic E-state index is 13.4. The van der Waals surface area contributed by atoms with Crippen LogP contribution in [0.15, 0.2) is 79.1 Å². The molecule has 9 nitrogen and oxygen atoms in total. The van der Waals surface area contributed by atoms with Crippen LogP contribution in [-0.4, -0.2) is 53.4 Å². The average Bonchev–Trinajstić information content (AvgIpc) is 3.65. The number of amides is 2. The van der Waals surface area contributed by atoms with Crippen molar-refractivity contribution in [1.82, 2.24) is 15.2 Å². The van der Waals surface area contributed by atoms with E-state index in [0.29, 0.717) is 43.4 Å². The summed E-state index contributed by atoms with van der Waals surface area (Å²) in [5.41, 5.74) is 6.43. The van der Waals surface area contributed by atoms with Crippen molar-refractivity contribution in [3.8, 4) is 5.69 Å². The molecule has 0 spiro atoms. The summed E-state index contributed by atoms with van der Waals surface area (Å²) >= 11 is 0. The quantitative estimate of drug-likeness (QED) is 0.236. The third-order valence-electron chi connectivity index (χ3n) is 7.50. The van der Waals surface area contributed by atoms with E-state index >= 15 is 0 Å². The molecule has 1 aromatic heterocycles. The zero-order valence-corrected chi connectivity index (χ0v) is 22.7. The third-order valence-corrected chi connectivity index (χ3v) is 7.50. The molecule has 9 heteroatoms. The second kappa shape index (κ2) is 13.2. The Kier molecular flexibility index (Phi) is 9.50. The van der Waals surface area contributed by atoms with E-state index in [0.717, 1.165) is 12.1 Å². The Labute approximate surface area is 234 Å². The largest absolute Gasteiger partial charge is 0.457 e. The van der Waals surface area contributed by atoms with E-state index < -0.39 is 23.5 Å². The highest BCUT2D eigenvalue weighted by Crippen LogP contribution is 2.39. The molecule has 40 heavy (non-hydrogen) atoms. The number of hydrogen-bond acceptors (Lipinski definition) is 6. The first-order valence-electron chi connectivity index (χ1n) is 13.6. The lowest BCUT2D eigenvalue weighted by Crippen LogP contribution is -2.54. The van der Waals surface area contributed by atoms with Crippen LogP contribution in [0.1, 0.15) is 59.7 Å². The summed E-state index contributed by atoms with van der Waals surface area (Å²) in [5, 5.41) is 5.84. The summed E-state index contributed by atoms with van der Waals surface area (Å²) in [4.78, 5) is 52.1. The number of aromatic nitrogens is 1. The van der Waals surface area contributed by atoms with Gasteiger partial charge < -0.3 is 25.7 Å². The van der Waals surface area contributed by atoms with Crippen LogP contribution in [-0.2, 0) is 14.3 Å². The van der Waals surface area contributed by atoms with Gasteiger partial charge in [0.25, 0.3) is 5.91 Å². The zero-order chi connectivity index (χ0) is 28.5. The van der Waals surface area contributed by atoms with Gasteiger partial charge in [0.2, 0.25) is 5.91 Å². The van der Waals surface area contributed by atoms with Crippen molar-refractivity contribution in [2.75, 3.05) is 13.2 Å². The number of rotatable bonds is 12. The molecular formula is C31H36N4O5. The van der Waals surface area contributed by atoms with Crippen LogP contribution in [0, 0.1) is 5.41 Å². The van der Waals surface area contributed by atoms with E-state index in [1.54, 1.807) is 55.5 Å². The Morgan fingerprint density at radius 2 is 1.75 bits per heavy atom. The SMILES string of the molecule is CC1(C(=O)OCC(=O)c2ccccc2)CCC[C@@H]1NC(=O)[C@H](CCCN)NC(=O)c1cccc(-n2cccc2)c1. The van der Waals surface area contributed by atoms with Crippen LogP contribution < -0.4 is 16.4 Å². The molecule has 1 aliphatic carbocycles. The molecule has 3 aromatic rings. The lowest BCUT2D eigenvalue weighted by Gasteiger charge is -2.31. The molecule has 4 rings (SSSR count). The van der Waals surface area contributed by atoms with E-state index in [-0.39, 0.29) is 24.2 Å². The summed E-state index contributed by atoms with van der Waals surface area (Å²) in [6.45, 7) is 1.75. The number of ketones is 1. The maximum atomic E-state index is 13.4. The lowest BCUT2D eigenvalue weighted by molar-refractivity contribution is -0.155. The fourth-order valence-electron chi connectivity index (χ4n) is 5.06. The van der Waals surface area contributed by atoms with Gasteiger partial charge >= 0.3 is 5.97 Å². The van der Waals surface area contributed by atoms with Crippen LogP contribution in [0.4, 0.5) is 0 Å². The van der Waals surface area contributed by atoms with Gasteiger partial charge in [0.1, 0.15) is 6.04 Å². The molecule has 1 fully saturated rings. The van der Waals surface area contributed by atoms with Crippen LogP contribution in [0.2, 0.25) is 0 Å². The van der Waals surface area contributed by atoms with Crippen molar-refractivity contribution in [3.05, 3.63) is 90.3 Å². The molecule has 1 aliphatic rings. The Morgan fingerprint density at radius 3 is 2.48 bits per heavy atom. The second-order valence-corrected chi connectivity index (χ2v) is 10.3. The van der Waals surface area contributed by atoms with E-state index in [9.17, 15) is 19.2 Å². The maximum Gasteiger partial charge on any atom is 0.314 e. The van der Waals surface area contributed by atoms with E-state index in [1.807, 2.05) is 35.2 Å². The van der Waals surface area contributed by atoms with Crippen molar-refractivity contribution in [1.29, 1.82) is 0 Å². The van der Waals surface area contributed by atoms with Crippen LogP contribution >= 0.6 is 0 Å². The second-order valence-electron chi connectivity index (χ2n) is 10.3. The van der Waals surface area contributed by atoms with E-state index in [1.165, 1.54) is 0 Å². The van der Waals surface area contributed by atoms with Gasteiger partial charge in [-0.05, 0) is 69.5 Å². The number of carbonyl (C=O) groups excluding carboxylic acids is 4. The van der Waals surface area contributed by atoms with Crippen molar-refractivity contribution in [2.24, 2.45) is 11.1 Å². The fourth-order valence-corrected chi connectivity index (χ4v) is 5.06. The summed E-state index contributed by atoms with van der Waals surface area (Å²) in [6, 6.07) is 18.2. The normalized spacial score (nSPS) is 19.0. The number of nitrogens with two attached hydrogens (primary N) is 1. The van der Waals surface area contributed by atoms with Gasteiger partial charge in [-0.1, -0.05) is 42.8 Å². The predicted molar refractivity (Wildman–Crippen MR) is 151 cm³/mol. The zero-order valence-electron chi connectivity index (χ0n) is 22.7. The van der Waals surface area contributed by atoms with Gasteiger partial charge in [0.15, 0.2) is 12.4 Å². The minimum absolute atomic E-state index is 0.290. The summed E-state index contributed by atoms with van der Waals surface area (Å²) in [6.07, 6.45) is 6.47. The first-order valence-corrected chi connectivity index (χ1v) is 13.6. The molecule has 1 saturated carbocycles. The number of carbonyl (C=O) groups is 4. The van der Waals surface area contributed by atoms with Crippen molar-refractivity contribution in [2.45, 2.75) is 51.1 Å². The summed E-state index contributed by atoms with van der Waals surface area (Å²) < 4.78 is 7.31. The fraction of sp³-hybridized carbons (Fsp3) is 0.355. The Hall–Kier alpha value is -4.24. The highest BCUT2D eigenvalue weighted by molar-refractivity contribution is 5.99. The van der Waals surface area contributed by atoms with Gasteiger partial charge in [0.05, 0.1) is 5.41 Å². The van der Waals surface area contributed by atoms with Gasteiger partial charge in [0, 0.05) is 35.2 Å². The molecule has 0 radical (unpaired) electrons. The standard InChI is InChI=1S/C31H36N4O5/c1-31(30(39)40-21-26(36)22-10-3-2-4-11-22)16-8-15-27(31)34-29(38)25(14-9-17-32)33-28(37)23-12-7-13-24(20-23)35-18-5-6-19-35/h2-7,10-13,18-20,25,27H,8-9,14-17,21,32H2,1H3,(H,33,37)(H,34,38)/t25-,27-,31?/m0/s1. The van der Waals surface area contributed by atoms with Gasteiger partial charge in [-0.15, -0.1) is 0 Å². The number of benzene rings is 2. The third kappa shape index (κ3) is 6.84. The monoisotopic (exact) mass is 544 g/mol. The molecule has 3 atom stereocenters. The number of esters is 1. The number of ether oxygens (including phenoxy) is 1. The van der Waals surface area contributed by atoms with Crippen molar-refractivity contribution in [3.63, 3.8) is 0 Å². The molecule has 0 saturated heterocycles. The average molecular weight is 545 g/mol. The first kappa shape index (κ1) is 28.8. The minimum Gasteiger partial charge on any atom is -0.457 e. The molecule has 4 N–H and O–H groups in total. The highest BCUT2D eigenvalue weighted by atomic mass is 16.5. The molecule has 210 valence electrons. The minimum atomic E-state index is -0.986. The Bertz CT molecular complexity index is 1320. The number of nitrogens with one attached hydrogen (secondary N) is 2. The molecule has 2 aromatic carbocycles.